The summed E-state index contributed by atoms with van der Waals surface area (Å²) >= 11 is 5.94. The van der Waals surface area contributed by atoms with Gasteiger partial charge in [-0.05, 0) is 12.0 Å². The molecule has 0 aromatic carbocycles. The van der Waals surface area contributed by atoms with Gasteiger partial charge in [-0.2, -0.15) is 0 Å². The van der Waals surface area contributed by atoms with Gasteiger partial charge in [-0.25, -0.2) is 8.42 Å². The fourth-order valence-electron chi connectivity index (χ4n) is 2.19. The molecule has 0 radical (unpaired) electrons. The summed E-state index contributed by atoms with van der Waals surface area (Å²) in [6, 6.07) is 1.55. The molecule has 0 spiro atoms. The zero-order chi connectivity index (χ0) is 14.0. The van der Waals surface area contributed by atoms with Gasteiger partial charge in [0.15, 0.2) is 9.84 Å². The molecule has 2 rings (SSSR count). The maximum atomic E-state index is 12.3. The van der Waals surface area contributed by atoms with Gasteiger partial charge in [-0.1, -0.05) is 18.5 Å². The molecule has 7 heteroatoms. The molecule has 2 heterocycles. The summed E-state index contributed by atoms with van der Waals surface area (Å²) in [5, 5.41) is 0.284. The molecule has 1 unspecified atom stereocenters. The second kappa shape index (κ2) is 5.46. The quantitative estimate of drug-likeness (QED) is 0.783. The van der Waals surface area contributed by atoms with Gasteiger partial charge in [0, 0.05) is 25.5 Å². The molecule has 104 valence electrons. The summed E-state index contributed by atoms with van der Waals surface area (Å²) in [5.74, 6) is -0.180. The van der Waals surface area contributed by atoms with Gasteiger partial charge in [0.1, 0.15) is 0 Å². The summed E-state index contributed by atoms with van der Waals surface area (Å²) in [7, 11) is -3.07. The lowest BCUT2D eigenvalue weighted by molar-refractivity contribution is 0.0751. The van der Waals surface area contributed by atoms with E-state index < -0.39 is 9.84 Å². The molecule has 1 fully saturated rings. The van der Waals surface area contributed by atoms with Crippen molar-refractivity contribution in [2.75, 3.05) is 24.6 Å². The molecule has 0 saturated carbocycles. The second-order valence-electron chi connectivity index (χ2n) is 4.83. The smallest absolute Gasteiger partial charge is 0.255 e. The average Bonchev–Trinajstić information content (AvgIpc) is 2.46. The lowest BCUT2D eigenvalue weighted by Gasteiger charge is -2.22. The summed E-state index contributed by atoms with van der Waals surface area (Å²) < 4.78 is 23.4. The Morgan fingerprint density at radius 3 is 2.95 bits per heavy atom. The number of carbonyl (C=O) groups is 1. The molecule has 1 aromatic heterocycles. The topological polar surface area (TPSA) is 67.3 Å². The lowest BCUT2D eigenvalue weighted by atomic mass is 10.1. The van der Waals surface area contributed by atoms with E-state index in [0.717, 1.165) is 0 Å². The van der Waals surface area contributed by atoms with E-state index in [1.54, 1.807) is 11.0 Å². The number of hydrogen-bond donors (Lipinski definition) is 0. The number of nitrogens with zero attached hydrogens (tertiary/aromatic N) is 2. The van der Waals surface area contributed by atoms with E-state index >= 15 is 0 Å². The maximum absolute atomic E-state index is 12.3. The highest BCUT2D eigenvalue weighted by molar-refractivity contribution is 7.91. The second-order valence-corrected chi connectivity index (χ2v) is 7.46. The van der Waals surface area contributed by atoms with Crippen LogP contribution in [0.15, 0.2) is 18.5 Å². The van der Waals surface area contributed by atoms with E-state index in [1.165, 1.54) is 12.4 Å². The van der Waals surface area contributed by atoms with Crippen molar-refractivity contribution >= 4 is 27.3 Å². The Labute approximate surface area is 117 Å². The van der Waals surface area contributed by atoms with Gasteiger partial charge >= 0.3 is 0 Å². The number of carbonyl (C=O) groups excluding carboxylic acids is 1. The third-order valence-corrected chi connectivity index (χ3v) is 5.22. The zero-order valence-corrected chi connectivity index (χ0v) is 12.1. The summed E-state index contributed by atoms with van der Waals surface area (Å²) in [5.41, 5.74) is 0.364. The Morgan fingerprint density at radius 1 is 1.53 bits per heavy atom. The number of rotatable bonds is 1. The number of halogens is 1. The molecule has 0 aliphatic carbocycles. The Kier molecular flexibility index (Phi) is 4.10. The summed E-state index contributed by atoms with van der Waals surface area (Å²) in [6.07, 6.45) is 2.91. The molecule has 1 aliphatic heterocycles. The fourth-order valence-corrected chi connectivity index (χ4v) is 4.03. The maximum Gasteiger partial charge on any atom is 0.255 e. The van der Waals surface area contributed by atoms with Crippen LogP contribution < -0.4 is 0 Å². The number of sulfone groups is 1. The first-order valence-corrected chi connectivity index (χ1v) is 8.18. The minimum atomic E-state index is -3.07. The van der Waals surface area contributed by atoms with E-state index in [9.17, 15) is 13.2 Å². The van der Waals surface area contributed by atoms with Crippen molar-refractivity contribution in [3.63, 3.8) is 0 Å². The molecule has 19 heavy (non-hydrogen) atoms. The molecule has 0 bridgehead atoms. The monoisotopic (exact) mass is 302 g/mol. The fraction of sp³-hybridized carbons (Fsp3) is 0.500. The minimum Gasteiger partial charge on any atom is -0.337 e. The van der Waals surface area contributed by atoms with Crippen molar-refractivity contribution in [1.82, 2.24) is 9.88 Å². The Balaban J connectivity index is 2.23. The molecular weight excluding hydrogens is 288 g/mol. The Morgan fingerprint density at radius 2 is 2.26 bits per heavy atom. The predicted molar refractivity (Wildman–Crippen MR) is 73.0 cm³/mol. The molecule has 1 amide bonds. The average molecular weight is 303 g/mol. The van der Waals surface area contributed by atoms with Gasteiger partial charge in [0.05, 0.1) is 22.1 Å². The van der Waals surface area contributed by atoms with Crippen molar-refractivity contribution in [1.29, 1.82) is 0 Å². The zero-order valence-electron chi connectivity index (χ0n) is 10.5. The molecule has 1 aromatic rings. The van der Waals surface area contributed by atoms with Crippen LogP contribution in [0.25, 0.3) is 0 Å². The molecule has 5 nitrogen and oxygen atoms in total. The number of hydrogen-bond acceptors (Lipinski definition) is 4. The summed E-state index contributed by atoms with van der Waals surface area (Å²) in [6.45, 7) is 2.47. The van der Waals surface area contributed by atoms with Crippen molar-refractivity contribution < 1.29 is 13.2 Å². The molecule has 1 aliphatic rings. The van der Waals surface area contributed by atoms with Gasteiger partial charge in [-0.15, -0.1) is 0 Å². The van der Waals surface area contributed by atoms with Gasteiger partial charge in [0.25, 0.3) is 5.91 Å². The largest absolute Gasteiger partial charge is 0.337 e. The van der Waals surface area contributed by atoms with E-state index in [1.807, 2.05) is 6.92 Å². The van der Waals surface area contributed by atoms with Crippen molar-refractivity contribution in [3.8, 4) is 0 Å². The number of aromatic nitrogens is 1. The minimum absolute atomic E-state index is 0.00574. The third-order valence-electron chi connectivity index (χ3n) is 3.03. The highest BCUT2D eigenvalue weighted by Crippen LogP contribution is 2.18. The first kappa shape index (κ1) is 14.3. The van der Waals surface area contributed by atoms with Crippen LogP contribution in [-0.2, 0) is 9.84 Å². The van der Waals surface area contributed by atoms with Gasteiger partial charge < -0.3 is 4.90 Å². The van der Waals surface area contributed by atoms with E-state index in [2.05, 4.69) is 4.98 Å². The number of pyridine rings is 1. The van der Waals surface area contributed by atoms with Crippen molar-refractivity contribution in [3.05, 3.63) is 29.0 Å². The van der Waals surface area contributed by atoms with Crippen LogP contribution in [0.2, 0.25) is 5.02 Å². The van der Waals surface area contributed by atoms with Crippen LogP contribution >= 0.6 is 11.6 Å². The first-order valence-electron chi connectivity index (χ1n) is 5.98. The van der Waals surface area contributed by atoms with E-state index in [4.69, 9.17) is 11.6 Å². The van der Waals surface area contributed by atoms with Crippen LogP contribution in [0.4, 0.5) is 0 Å². The third kappa shape index (κ3) is 3.45. The lowest BCUT2D eigenvalue weighted by Crippen LogP contribution is -2.35. The van der Waals surface area contributed by atoms with Crippen molar-refractivity contribution in [2.45, 2.75) is 6.92 Å². The normalized spacial score (nSPS) is 22.8. The van der Waals surface area contributed by atoms with Crippen LogP contribution in [0.3, 0.4) is 0 Å². The van der Waals surface area contributed by atoms with Crippen molar-refractivity contribution in [2.24, 2.45) is 5.92 Å². The standard InChI is InChI=1S/C12H15ClN2O3S/c1-9-7-15(4-5-19(17,18)8-9)12(16)10-2-3-14-6-11(10)13/h2-3,6,9H,4-5,7-8H2,1H3. The molecular formula is C12H15ClN2O3S. The molecule has 0 N–H and O–H groups in total. The van der Waals surface area contributed by atoms with E-state index in [-0.39, 0.29) is 34.9 Å². The first-order chi connectivity index (χ1) is 8.89. The Hall–Kier alpha value is -1.14. The van der Waals surface area contributed by atoms with Gasteiger partial charge in [-0.3, -0.25) is 9.78 Å². The molecule has 1 atom stereocenters. The summed E-state index contributed by atoms with van der Waals surface area (Å²) in [4.78, 5) is 17.7. The van der Waals surface area contributed by atoms with E-state index in [0.29, 0.717) is 12.1 Å². The van der Waals surface area contributed by atoms with Crippen LogP contribution in [0.5, 0.6) is 0 Å². The SMILES string of the molecule is CC1CN(C(=O)c2ccncc2Cl)CCS(=O)(=O)C1. The highest BCUT2D eigenvalue weighted by Gasteiger charge is 2.28. The van der Waals surface area contributed by atoms with Gasteiger partial charge in [0.2, 0.25) is 0 Å². The Bertz CT molecular complexity index is 588. The number of amides is 1. The highest BCUT2D eigenvalue weighted by atomic mass is 35.5. The predicted octanol–water partition coefficient (Wildman–Crippen LogP) is 1.24. The van der Waals surface area contributed by atoms with Crippen LogP contribution in [-0.4, -0.2) is 48.8 Å². The molecule has 1 saturated heterocycles. The van der Waals surface area contributed by atoms with Crippen LogP contribution in [0.1, 0.15) is 17.3 Å². The van der Waals surface area contributed by atoms with Crippen LogP contribution in [0, 0.1) is 5.92 Å².